The zero-order valence-electron chi connectivity index (χ0n) is 18.8. The number of hydrogen-bond donors (Lipinski definition) is 5. The smallest absolute Gasteiger partial charge is 0.272 e. The molecule has 0 fully saturated rings. The van der Waals surface area contributed by atoms with Gasteiger partial charge < -0.3 is 21.1 Å². The molecule has 0 aliphatic carbocycles. The van der Waals surface area contributed by atoms with E-state index in [4.69, 9.17) is 11.6 Å². The number of aromatic amines is 1. The number of H-pyrrole nitrogens is 1. The van der Waals surface area contributed by atoms with E-state index >= 15 is 0 Å². The van der Waals surface area contributed by atoms with Crippen molar-refractivity contribution in [3.8, 4) is 0 Å². The molecule has 0 aliphatic heterocycles. The van der Waals surface area contributed by atoms with Gasteiger partial charge in [0.15, 0.2) is 6.10 Å². The summed E-state index contributed by atoms with van der Waals surface area (Å²) in [6, 6.07) is 16.0. The number of aliphatic hydroxyl groups is 1. The van der Waals surface area contributed by atoms with E-state index in [1.165, 1.54) is 6.33 Å². The summed E-state index contributed by atoms with van der Waals surface area (Å²) in [6.45, 7) is 3.63. The second-order valence-electron chi connectivity index (χ2n) is 8.07. The van der Waals surface area contributed by atoms with Crippen LogP contribution >= 0.6 is 0 Å². The van der Waals surface area contributed by atoms with Gasteiger partial charge in [0, 0.05) is 11.3 Å². The first kappa shape index (κ1) is 23.0. The first-order valence-corrected chi connectivity index (χ1v) is 10.7. The summed E-state index contributed by atoms with van der Waals surface area (Å²) >= 11 is 0. The van der Waals surface area contributed by atoms with Crippen LogP contribution < -0.4 is 21.9 Å². The van der Waals surface area contributed by atoms with E-state index in [-0.39, 0.29) is 0 Å². The molecule has 2 amide bonds. The summed E-state index contributed by atoms with van der Waals surface area (Å²) in [7, 11) is 0. The van der Waals surface area contributed by atoms with Crippen molar-refractivity contribution < 1.29 is 14.7 Å². The third kappa shape index (κ3) is 4.34. The van der Waals surface area contributed by atoms with E-state index in [1.54, 1.807) is 67.6 Å². The average Bonchev–Trinajstić information content (AvgIpc) is 3.33. The Balaban J connectivity index is 1.63. The van der Waals surface area contributed by atoms with Crippen LogP contribution in [0.15, 0.2) is 67.0 Å². The molecule has 2 atom stereocenters. The highest BCUT2D eigenvalue weighted by atomic mass is 16.3. The molecule has 34 heavy (non-hydrogen) atoms. The maximum absolute atomic E-state index is 13.2. The lowest BCUT2D eigenvalue weighted by molar-refractivity contribution is -0.128. The minimum Gasteiger partial charge on any atom is -0.399 e. The lowest BCUT2D eigenvalue weighted by Gasteiger charge is -2.27. The summed E-state index contributed by atoms with van der Waals surface area (Å²) in [5.74, 6) is 4.86. The number of rotatable bonds is 6. The van der Waals surface area contributed by atoms with Gasteiger partial charge in [0.25, 0.3) is 11.8 Å². The highest BCUT2D eigenvalue weighted by molar-refractivity contribution is 6.00. The molecule has 4 rings (SSSR count). The summed E-state index contributed by atoms with van der Waals surface area (Å²) in [6.07, 6.45) is -0.114. The Morgan fingerprint density at radius 2 is 1.79 bits per heavy atom. The van der Waals surface area contributed by atoms with Gasteiger partial charge in [0.1, 0.15) is 0 Å². The number of nitrogens with two attached hydrogens (primary N) is 2. The van der Waals surface area contributed by atoms with E-state index in [2.05, 4.69) is 15.3 Å². The standard InChI is InChI=1S/C25H26N6O3/c1-14-15(2)19(26)10-9-18(14)24(33)30-22(16-6-4-3-5-7-16)23(32)25(34)31(27)17-8-11-20-21(12-17)29-13-28-20/h3-13,22-23,32H,26-27H2,1-2H3,(H,28,29)(H,30,33). The molecule has 0 aliphatic rings. The molecule has 0 radical (unpaired) electrons. The van der Waals surface area contributed by atoms with E-state index < -0.39 is 24.0 Å². The van der Waals surface area contributed by atoms with Gasteiger partial charge >= 0.3 is 0 Å². The fraction of sp³-hybridized carbons (Fsp3) is 0.160. The SMILES string of the molecule is Cc1c(N)ccc(C(=O)NC(c2ccccc2)C(O)C(=O)N(N)c2ccc3nc[nH]c3c2)c1C. The molecule has 0 saturated carbocycles. The first-order chi connectivity index (χ1) is 16.3. The maximum Gasteiger partial charge on any atom is 0.272 e. The predicted octanol–water partition coefficient (Wildman–Crippen LogP) is 2.50. The van der Waals surface area contributed by atoms with Gasteiger partial charge in [-0.3, -0.25) is 9.59 Å². The number of imidazole rings is 1. The molecule has 1 aromatic heterocycles. The normalized spacial score (nSPS) is 12.8. The lowest BCUT2D eigenvalue weighted by Crippen LogP contribution is -2.50. The van der Waals surface area contributed by atoms with Crippen molar-refractivity contribution in [3.63, 3.8) is 0 Å². The summed E-state index contributed by atoms with van der Waals surface area (Å²) < 4.78 is 0. The molecule has 0 saturated heterocycles. The molecule has 0 bridgehead atoms. The van der Waals surface area contributed by atoms with Crippen molar-refractivity contribution in [2.45, 2.75) is 26.0 Å². The zero-order valence-corrected chi connectivity index (χ0v) is 18.8. The number of carbonyl (C=O) groups is 2. The van der Waals surface area contributed by atoms with Gasteiger partial charge in [-0.1, -0.05) is 30.3 Å². The minimum atomic E-state index is -1.65. The number of nitrogen functional groups attached to an aromatic ring is 1. The fourth-order valence-corrected chi connectivity index (χ4v) is 3.80. The number of hydrogen-bond acceptors (Lipinski definition) is 6. The second kappa shape index (κ2) is 9.34. The van der Waals surface area contributed by atoms with E-state index in [0.29, 0.717) is 33.5 Å². The Kier molecular flexibility index (Phi) is 6.31. The van der Waals surface area contributed by atoms with Crippen LogP contribution in [-0.2, 0) is 4.79 Å². The monoisotopic (exact) mass is 458 g/mol. The van der Waals surface area contributed by atoms with E-state index in [0.717, 1.165) is 16.1 Å². The number of benzene rings is 3. The van der Waals surface area contributed by atoms with Gasteiger partial charge in [-0.25, -0.2) is 15.8 Å². The molecule has 7 N–H and O–H groups in total. The van der Waals surface area contributed by atoms with Crippen molar-refractivity contribution in [3.05, 3.63) is 89.2 Å². The van der Waals surface area contributed by atoms with Gasteiger partial charge in [-0.05, 0) is 60.9 Å². The summed E-state index contributed by atoms with van der Waals surface area (Å²) in [5, 5.41) is 14.7. The average molecular weight is 459 g/mol. The zero-order chi connectivity index (χ0) is 24.4. The molecule has 9 heteroatoms. The fourth-order valence-electron chi connectivity index (χ4n) is 3.80. The van der Waals surface area contributed by atoms with Crippen LogP contribution in [0.3, 0.4) is 0 Å². The largest absolute Gasteiger partial charge is 0.399 e. The van der Waals surface area contributed by atoms with Crippen LogP contribution in [0.1, 0.15) is 33.1 Å². The van der Waals surface area contributed by atoms with Gasteiger partial charge in [-0.15, -0.1) is 0 Å². The lowest BCUT2D eigenvalue weighted by atomic mass is 9.97. The Hall–Kier alpha value is -4.21. The Labute approximate surface area is 196 Å². The van der Waals surface area contributed by atoms with Gasteiger partial charge in [0.05, 0.1) is 29.1 Å². The molecule has 1 heterocycles. The maximum atomic E-state index is 13.2. The Bertz CT molecular complexity index is 1350. The van der Waals surface area contributed by atoms with Crippen LogP contribution in [0, 0.1) is 13.8 Å². The van der Waals surface area contributed by atoms with Crippen molar-refractivity contribution in [2.75, 3.05) is 10.7 Å². The molecule has 9 nitrogen and oxygen atoms in total. The number of nitrogens with one attached hydrogen (secondary N) is 2. The molecule has 2 unspecified atom stereocenters. The number of aliphatic hydroxyl groups excluding tert-OH is 1. The second-order valence-corrected chi connectivity index (χ2v) is 8.07. The van der Waals surface area contributed by atoms with Gasteiger partial charge in [-0.2, -0.15) is 0 Å². The molecule has 4 aromatic rings. The number of fused-ring (bicyclic) bond motifs is 1. The number of carbonyl (C=O) groups excluding carboxylic acids is 2. The predicted molar refractivity (Wildman–Crippen MR) is 131 cm³/mol. The minimum absolute atomic E-state index is 0.365. The number of amides is 2. The number of nitrogens with zero attached hydrogens (tertiary/aromatic N) is 2. The van der Waals surface area contributed by atoms with Crippen molar-refractivity contribution in [2.24, 2.45) is 5.84 Å². The highest BCUT2D eigenvalue weighted by Gasteiger charge is 2.33. The Morgan fingerprint density at radius 1 is 1.06 bits per heavy atom. The van der Waals surface area contributed by atoms with Crippen LogP contribution in [0.25, 0.3) is 11.0 Å². The molecule has 174 valence electrons. The third-order valence-electron chi connectivity index (χ3n) is 6.01. The van der Waals surface area contributed by atoms with Crippen LogP contribution in [-0.4, -0.2) is 33.0 Å². The van der Waals surface area contributed by atoms with Crippen molar-refractivity contribution in [1.29, 1.82) is 0 Å². The van der Waals surface area contributed by atoms with Crippen LogP contribution in [0.2, 0.25) is 0 Å². The quantitative estimate of drug-likeness (QED) is 0.130. The molecule has 3 aromatic carbocycles. The molecule has 0 spiro atoms. The summed E-state index contributed by atoms with van der Waals surface area (Å²) in [5.41, 5.74) is 10.8. The topological polar surface area (TPSA) is 150 Å². The van der Waals surface area contributed by atoms with E-state index in [9.17, 15) is 14.7 Å². The number of anilines is 2. The first-order valence-electron chi connectivity index (χ1n) is 10.7. The number of hydrazine groups is 1. The van der Waals surface area contributed by atoms with Crippen molar-refractivity contribution >= 4 is 34.2 Å². The Morgan fingerprint density at radius 3 is 2.53 bits per heavy atom. The van der Waals surface area contributed by atoms with Crippen LogP contribution in [0.4, 0.5) is 11.4 Å². The molecular weight excluding hydrogens is 432 g/mol. The highest BCUT2D eigenvalue weighted by Crippen LogP contribution is 2.24. The summed E-state index contributed by atoms with van der Waals surface area (Å²) in [4.78, 5) is 33.4. The van der Waals surface area contributed by atoms with E-state index in [1.807, 2.05) is 6.92 Å². The molecular formula is C25H26N6O3. The van der Waals surface area contributed by atoms with Gasteiger partial charge in [0.2, 0.25) is 0 Å². The number of aromatic nitrogens is 2. The van der Waals surface area contributed by atoms with Crippen molar-refractivity contribution in [1.82, 2.24) is 15.3 Å². The van der Waals surface area contributed by atoms with Crippen LogP contribution in [0.5, 0.6) is 0 Å². The third-order valence-corrected chi connectivity index (χ3v) is 6.01.